The van der Waals surface area contributed by atoms with Crippen molar-refractivity contribution in [2.75, 3.05) is 11.5 Å². The van der Waals surface area contributed by atoms with E-state index < -0.39 is 0 Å². The molecule has 2 saturated carbocycles. The van der Waals surface area contributed by atoms with Crippen molar-refractivity contribution in [1.82, 2.24) is 15.4 Å². The number of nitrogens with zero attached hydrogens (tertiary/aromatic N) is 3. The molecule has 2 atom stereocenters. The number of rotatable bonds is 4. The number of fused-ring (bicyclic) bond motifs is 2. The van der Waals surface area contributed by atoms with Gasteiger partial charge in [-0.15, -0.1) is 0 Å². The third-order valence-corrected chi connectivity index (χ3v) is 6.86. The molecule has 24 heavy (non-hydrogen) atoms. The SMILES string of the molecule is Cc1cc(N)nc(SCC(=O)NN=C2CC3CCC2(C)C3(C)C)n1. The quantitative estimate of drug-likeness (QED) is 0.496. The Morgan fingerprint density at radius 3 is 2.79 bits per heavy atom. The number of anilines is 1. The van der Waals surface area contributed by atoms with E-state index in [0.717, 1.165) is 24.2 Å². The van der Waals surface area contributed by atoms with Gasteiger partial charge in [0.1, 0.15) is 5.82 Å². The first-order chi connectivity index (χ1) is 11.2. The molecule has 2 bridgehead atoms. The summed E-state index contributed by atoms with van der Waals surface area (Å²) >= 11 is 1.27. The summed E-state index contributed by atoms with van der Waals surface area (Å²) in [5.41, 5.74) is 10.7. The fraction of sp³-hybridized carbons (Fsp3) is 0.647. The fourth-order valence-electron chi connectivity index (χ4n) is 4.02. The molecule has 1 aromatic heterocycles. The highest BCUT2D eigenvalue weighted by molar-refractivity contribution is 7.99. The minimum atomic E-state index is -0.139. The van der Waals surface area contributed by atoms with Crippen LogP contribution in [0.15, 0.2) is 16.3 Å². The van der Waals surface area contributed by atoms with Gasteiger partial charge < -0.3 is 5.73 Å². The highest BCUT2D eigenvalue weighted by Crippen LogP contribution is 2.63. The van der Waals surface area contributed by atoms with Crippen molar-refractivity contribution < 1.29 is 4.79 Å². The second kappa shape index (κ2) is 6.02. The maximum absolute atomic E-state index is 12.1. The predicted octanol–water partition coefficient (Wildman–Crippen LogP) is 2.78. The molecule has 6 nitrogen and oxygen atoms in total. The Kier molecular flexibility index (Phi) is 4.32. The Morgan fingerprint density at radius 2 is 2.21 bits per heavy atom. The standard InChI is InChI=1S/C17H25N5OS/c1-10-7-13(18)20-15(19-10)24-9-14(23)22-21-12-8-11-5-6-17(12,4)16(11,2)3/h7,11H,5-6,8-9H2,1-4H3,(H,22,23)(H2,18,19,20). The monoisotopic (exact) mass is 347 g/mol. The highest BCUT2D eigenvalue weighted by atomic mass is 32.2. The highest BCUT2D eigenvalue weighted by Gasteiger charge is 2.59. The van der Waals surface area contributed by atoms with Gasteiger partial charge in [-0.2, -0.15) is 5.10 Å². The topological polar surface area (TPSA) is 93.3 Å². The van der Waals surface area contributed by atoms with Crippen molar-refractivity contribution in [2.45, 2.75) is 52.1 Å². The lowest BCUT2D eigenvalue weighted by molar-refractivity contribution is -0.118. The first-order valence-electron chi connectivity index (χ1n) is 8.32. The van der Waals surface area contributed by atoms with E-state index in [1.807, 2.05) is 6.92 Å². The Hall–Kier alpha value is -1.63. The number of aryl methyl sites for hydroxylation is 1. The average molecular weight is 347 g/mol. The van der Waals surface area contributed by atoms with Gasteiger partial charge in [0.15, 0.2) is 5.16 Å². The summed E-state index contributed by atoms with van der Waals surface area (Å²) in [5, 5.41) is 4.98. The van der Waals surface area contributed by atoms with Crippen LogP contribution in [0.1, 0.15) is 45.7 Å². The van der Waals surface area contributed by atoms with E-state index in [1.54, 1.807) is 6.07 Å². The molecule has 0 aromatic carbocycles. The van der Waals surface area contributed by atoms with Crippen molar-refractivity contribution in [1.29, 1.82) is 0 Å². The van der Waals surface area contributed by atoms with Crippen LogP contribution in [0.5, 0.6) is 0 Å². The molecule has 0 saturated heterocycles. The van der Waals surface area contributed by atoms with Gasteiger partial charge in [0.2, 0.25) is 0 Å². The zero-order chi connectivity index (χ0) is 17.5. The molecule has 3 N–H and O–H groups in total. The number of hydrazone groups is 1. The molecule has 7 heteroatoms. The summed E-state index contributed by atoms with van der Waals surface area (Å²) in [4.78, 5) is 20.5. The largest absolute Gasteiger partial charge is 0.384 e. The zero-order valence-electron chi connectivity index (χ0n) is 14.7. The van der Waals surface area contributed by atoms with Crippen LogP contribution in [0.2, 0.25) is 0 Å². The van der Waals surface area contributed by atoms with Gasteiger partial charge in [-0.05, 0) is 37.5 Å². The molecule has 2 fully saturated rings. The number of nitrogens with two attached hydrogens (primary N) is 1. The van der Waals surface area contributed by atoms with Crippen LogP contribution in [0, 0.1) is 23.7 Å². The summed E-state index contributed by atoms with van der Waals surface area (Å²) in [5.74, 6) is 1.18. The Balaban J connectivity index is 1.58. The minimum Gasteiger partial charge on any atom is -0.384 e. The Labute approximate surface area is 147 Å². The molecule has 3 rings (SSSR count). The molecule has 2 unspecified atom stereocenters. The summed E-state index contributed by atoms with van der Waals surface area (Å²) in [6.45, 7) is 8.78. The minimum absolute atomic E-state index is 0.103. The van der Waals surface area contributed by atoms with Crippen LogP contribution < -0.4 is 11.2 Å². The van der Waals surface area contributed by atoms with E-state index in [9.17, 15) is 4.79 Å². The molecule has 0 spiro atoms. The summed E-state index contributed by atoms with van der Waals surface area (Å²) in [6, 6.07) is 1.70. The molecule has 0 aliphatic heterocycles. The van der Waals surface area contributed by atoms with Crippen LogP contribution in [0.3, 0.4) is 0 Å². The van der Waals surface area contributed by atoms with Crippen molar-refractivity contribution in [3.8, 4) is 0 Å². The lowest BCUT2D eigenvalue weighted by atomic mass is 9.70. The van der Waals surface area contributed by atoms with E-state index >= 15 is 0 Å². The third-order valence-electron chi connectivity index (χ3n) is 6.01. The maximum atomic E-state index is 12.1. The van der Waals surface area contributed by atoms with Gasteiger partial charge >= 0.3 is 0 Å². The fourth-order valence-corrected chi connectivity index (χ4v) is 4.72. The number of aromatic nitrogens is 2. The first kappa shape index (κ1) is 17.2. The van der Waals surface area contributed by atoms with Crippen LogP contribution >= 0.6 is 11.8 Å². The molecule has 2 aliphatic rings. The van der Waals surface area contributed by atoms with Gasteiger partial charge in [0.05, 0.1) is 5.75 Å². The van der Waals surface area contributed by atoms with Gasteiger partial charge in [0.25, 0.3) is 5.91 Å². The maximum Gasteiger partial charge on any atom is 0.250 e. The molecule has 0 radical (unpaired) electrons. The number of thioether (sulfide) groups is 1. The van der Waals surface area contributed by atoms with E-state index in [1.165, 1.54) is 18.2 Å². The number of amides is 1. The van der Waals surface area contributed by atoms with E-state index in [4.69, 9.17) is 5.73 Å². The zero-order valence-corrected chi connectivity index (χ0v) is 15.5. The van der Waals surface area contributed by atoms with Crippen LogP contribution in [0.25, 0.3) is 0 Å². The Morgan fingerprint density at radius 1 is 1.46 bits per heavy atom. The number of nitrogen functional groups attached to an aromatic ring is 1. The van der Waals surface area contributed by atoms with E-state index in [-0.39, 0.29) is 22.5 Å². The normalized spacial score (nSPS) is 29.2. The lowest BCUT2D eigenvalue weighted by Gasteiger charge is -2.34. The van der Waals surface area contributed by atoms with Crippen LogP contribution in [-0.2, 0) is 4.79 Å². The lowest BCUT2D eigenvalue weighted by Crippen LogP contribution is -2.34. The van der Waals surface area contributed by atoms with Crippen molar-refractivity contribution in [3.63, 3.8) is 0 Å². The number of hydrogen-bond donors (Lipinski definition) is 2. The molecular formula is C17H25N5OS. The van der Waals surface area contributed by atoms with Gasteiger partial charge in [0, 0.05) is 22.9 Å². The molecule has 1 aromatic rings. The molecule has 2 aliphatic carbocycles. The van der Waals surface area contributed by atoms with Gasteiger partial charge in [-0.1, -0.05) is 32.5 Å². The van der Waals surface area contributed by atoms with Gasteiger partial charge in [-0.25, -0.2) is 15.4 Å². The second-order valence-corrected chi connectivity index (χ2v) is 8.53. The van der Waals surface area contributed by atoms with E-state index in [0.29, 0.717) is 16.9 Å². The van der Waals surface area contributed by atoms with Gasteiger partial charge in [-0.3, -0.25) is 4.79 Å². The molecule has 130 valence electrons. The van der Waals surface area contributed by atoms with Crippen molar-refractivity contribution >= 4 is 29.2 Å². The smallest absolute Gasteiger partial charge is 0.250 e. The summed E-state index contributed by atoms with van der Waals surface area (Å²) in [6.07, 6.45) is 3.41. The molecule has 1 amide bonds. The van der Waals surface area contributed by atoms with Crippen molar-refractivity contribution in [2.24, 2.45) is 21.8 Å². The van der Waals surface area contributed by atoms with E-state index in [2.05, 4.69) is 41.3 Å². The number of hydrogen-bond acceptors (Lipinski definition) is 6. The van der Waals surface area contributed by atoms with Crippen molar-refractivity contribution in [3.05, 3.63) is 11.8 Å². The summed E-state index contributed by atoms with van der Waals surface area (Å²) < 4.78 is 0. The number of nitrogens with one attached hydrogen (secondary N) is 1. The first-order valence-corrected chi connectivity index (χ1v) is 9.31. The second-order valence-electron chi connectivity index (χ2n) is 7.59. The Bertz CT molecular complexity index is 682. The average Bonchev–Trinajstić information content (AvgIpc) is 2.83. The molecular weight excluding hydrogens is 322 g/mol. The number of carbonyl (C=O) groups excluding carboxylic acids is 1. The van der Waals surface area contributed by atoms with Crippen LogP contribution in [0.4, 0.5) is 5.82 Å². The predicted molar refractivity (Wildman–Crippen MR) is 96.7 cm³/mol. The third kappa shape index (κ3) is 2.90. The van der Waals surface area contributed by atoms with Crippen LogP contribution in [-0.4, -0.2) is 27.3 Å². The molecule has 1 heterocycles. The summed E-state index contributed by atoms with van der Waals surface area (Å²) in [7, 11) is 0. The number of carbonyl (C=O) groups is 1.